The number of rotatable bonds is 18. The molecule has 0 atom stereocenters. The van der Waals surface area contributed by atoms with Crippen molar-refractivity contribution in [2.75, 3.05) is 28.7 Å². The van der Waals surface area contributed by atoms with Gasteiger partial charge in [-0.1, -0.05) is 18.2 Å². The van der Waals surface area contributed by atoms with Gasteiger partial charge in [0.2, 0.25) is 27.6 Å². The average molecular weight is 1360 g/mol. The van der Waals surface area contributed by atoms with Crippen molar-refractivity contribution in [2.45, 2.75) is 29.4 Å². The third-order valence-electron chi connectivity index (χ3n) is 9.98. The largest absolute Gasteiger partial charge is 1.00 e. The van der Waals surface area contributed by atoms with E-state index in [9.17, 15) is 91.3 Å². The van der Waals surface area contributed by atoms with Crippen LogP contribution in [0, 0.1) is 0 Å². The van der Waals surface area contributed by atoms with E-state index in [1.54, 1.807) is 0 Å². The van der Waals surface area contributed by atoms with Gasteiger partial charge in [0.1, 0.15) is 73.3 Å². The fourth-order valence-electron chi connectivity index (χ4n) is 6.86. The van der Waals surface area contributed by atoms with Crippen molar-refractivity contribution in [3.63, 3.8) is 0 Å². The monoisotopic (exact) mass is 1360 g/mol. The fourth-order valence-corrected chi connectivity index (χ4v) is 11.9. The van der Waals surface area contributed by atoms with Crippen LogP contribution in [0.5, 0.6) is 5.75 Å². The number of aromatic nitrogens is 3. The van der Waals surface area contributed by atoms with Gasteiger partial charge < -0.3 is 48.8 Å². The van der Waals surface area contributed by atoms with Crippen molar-refractivity contribution >= 4 is 156 Å². The number of hydrogen-bond acceptors (Lipinski definition) is 32. The molecule has 0 aliphatic rings. The Labute approximate surface area is 608 Å². The summed E-state index contributed by atoms with van der Waals surface area (Å²) in [4.78, 5) is 5.03. The number of anilines is 5. The molecule has 32 nitrogen and oxygen atoms in total. The molecular weight excluding hydrogens is 1330 g/mol. The number of fused-ring (bicyclic) bond motifs is 2. The molecular formula is C37H23ClN10Na6O22S7. The Morgan fingerprint density at radius 3 is 1.54 bits per heavy atom. The molecule has 1 aromatic heterocycles. The number of aromatic hydroxyl groups is 1. The molecule has 7 aromatic rings. The molecule has 0 amide bonds. The molecule has 0 radical (unpaired) electrons. The van der Waals surface area contributed by atoms with Crippen LogP contribution >= 0.6 is 11.6 Å². The van der Waals surface area contributed by atoms with Crippen molar-refractivity contribution in [3.8, 4) is 5.75 Å². The van der Waals surface area contributed by atoms with Crippen LogP contribution in [-0.2, 0) is 75.0 Å². The molecule has 5 N–H and O–H groups in total. The second-order valence-electron chi connectivity index (χ2n) is 15.0. The molecule has 0 aliphatic carbocycles. The Morgan fingerprint density at radius 2 is 1.02 bits per heavy atom. The number of sulfone groups is 1. The smallest absolute Gasteiger partial charge is 0.744 e. The first-order valence-corrected chi connectivity index (χ1v) is 30.2. The first kappa shape index (κ1) is 79.9. The number of azo groups is 2. The molecule has 408 valence electrons. The van der Waals surface area contributed by atoms with Crippen LogP contribution in [0.25, 0.3) is 21.5 Å². The summed E-state index contributed by atoms with van der Waals surface area (Å²) in [6.07, 6.45) is 0. The SMILES string of the molecule is Nc1c(N=Nc2cc(Nc3nc(Cl)nc(Nc4ccc(S(=O)(=O)CCOS(=O)(=O)[O-])cc4)n3)ccc2S(=O)(=O)[O-])c(S(=O)(=O)[O-])cc2cc(S(=O)(=O)[O-])c(N=Nc3ccc4c(S(=O)(=O)[O-])cccc4c3S(=O)(=O)[O-])c(O)c12.[Na+].[Na+].[Na+].[Na+].[Na+].[Na+]. The molecule has 46 heteroatoms. The first-order valence-electron chi connectivity index (χ1n) is 19.8. The van der Waals surface area contributed by atoms with Crippen LogP contribution in [-0.4, -0.2) is 119 Å². The Balaban J connectivity index is 0.00000574. The second-order valence-corrected chi connectivity index (χ2v) is 25.2. The number of hydrogen-bond donors (Lipinski definition) is 4. The number of nitrogen functional groups attached to an aromatic ring is 1. The topological polar surface area (TPSA) is 545 Å². The van der Waals surface area contributed by atoms with Crippen molar-refractivity contribution in [3.05, 3.63) is 90.2 Å². The maximum absolute atomic E-state index is 12.6. The minimum absolute atomic E-state index is 0. The average Bonchev–Trinajstić information content (AvgIpc) is 3.28. The molecule has 0 bridgehead atoms. The van der Waals surface area contributed by atoms with Crippen LogP contribution in [0.1, 0.15) is 0 Å². The van der Waals surface area contributed by atoms with E-state index in [1.165, 1.54) is 12.1 Å². The second kappa shape index (κ2) is 30.6. The van der Waals surface area contributed by atoms with Crippen LogP contribution in [0.4, 0.5) is 51.7 Å². The normalized spacial score (nSPS) is 12.3. The summed E-state index contributed by atoms with van der Waals surface area (Å²) < 4.78 is 247. The van der Waals surface area contributed by atoms with E-state index >= 15 is 0 Å². The number of phenols is 1. The van der Waals surface area contributed by atoms with Crippen LogP contribution in [0.15, 0.2) is 135 Å². The summed E-state index contributed by atoms with van der Waals surface area (Å²) in [5.74, 6) is -3.09. The van der Waals surface area contributed by atoms with Gasteiger partial charge in [-0.15, -0.1) is 20.5 Å². The third kappa shape index (κ3) is 20.0. The molecule has 7 rings (SSSR count). The molecule has 0 unspecified atom stereocenters. The van der Waals surface area contributed by atoms with Gasteiger partial charge in [-0.3, -0.25) is 4.18 Å². The van der Waals surface area contributed by atoms with Crippen LogP contribution < -0.4 is 194 Å². The Bertz CT molecular complexity index is 4570. The van der Waals surface area contributed by atoms with Crippen molar-refractivity contribution in [1.29, 1.82) is 0 Å². The van der Waals surface area contributed by atoms with E-state index < -0.39 is 175 Å². The van der Waals surface area contributed by atoms with E-state index in [4.69, 9.17) is 17.3 Å². The van der Waals surface area contributed by atoms with Gasteiger partial charge in [0.15, 0.2) is 15.6 Å². The van der Waals surface area contributed by atoms with E-state index in [1.807, 2.05) is 0 Å². The molecule has 0 saturated carbocycles. The maximum atomic E-state index is 12.6. The molecule has 1 heterocycles. The van der Waals surface area contributed by atoms with Crippen molar-refractivity contribution in [1.82, 2.24) is 15.0 Å². The fraction of sp³-hybridized carbons (Fsp3) is 0.0541. The van der Waals surface area contributed by atoms with E-state index in [0.717, 1.165) is 48.5 Å². The van der Waals surface area contributed by atoms with Gasteiger partial charge in [-0.05, 0) is 83.7 Å². The Hall–Kier alpha value is -1.09. The molecule has 0 saturated heterocycles. The quantitative estimate of drug-likeness (QED) is 0.0204. The minimum atomic E-state index is -5.85. The predicted octanol–water partition coefficient (Wildman–Crippen LogP) is -14.8. The molecule has 83 heavy (non-hydrogen) atoms. The van der Waals surface area contributed by atoms with Gasteiger partial charge >= 0.3 is 177 Å². The molecule has 0 fully saturated rings. The zero-order valence-corrected chi connectivity index (χ0v) is 61.4. The van der Waals surface area contributed by atoms with E-state index in [2.05, 4.69) is 50.2 Å². The zero-order valence-electron chi connectivity index (χ0n) is 43.0. The van der Waals surface area contributed by atoms with Gasteiger partial charge in [0, 0.05) is 22.1 Å². The summed E-state index contributed by atoms with van der Waals surface area (Å²) in [7, 11) is -37.5. The van der Waals surface area contributed by atoms with Crippen molar-refractivity contribution in [2.24, 2.45) is 20.5 Å². The Kier molecular flexibility index (Phi) is 29.5. The number of phenolic OH excluding ortho intramolecular Hbond substituents is 1. The summed E-state index contributed by atoms with van der Waals surface area (Å²) in [6.45, 7) is -0.955. The van der Waals surface area contributed by atoms with Gasteiger partial charge in [0.05, 0.1) is 52.8 Å². The maximum Gasteiger partial charge on any atom is 1.00 e. The standard InChI is InChI=1S/C37H29ClN10O22S7.6Na/c38-35-42-36(40-18-4-7-20(8-5-18)71(50,51)13-12-70-77(67,68)69)44-37(43-35)41-19-6-11-26(73(55,56)57)24(16-19)46-47-31-27(74(58,59)60)14-17-15-28(75(61,62)63)32(33(49)29(17)30(31)39)48-45-23-10-9-21-22(34(23)76(64,65)66)2-1-3-25(21)72(52,53)54;;;;;;/h1-11,14-16,49H,12-13,39H2,(H,52,53,54)(H,55,56,57)(H,58,59,60)(H,61,62,63)(H,64,65,66)(H,67,68,69)(H2,40,41,42,43,44);;;;;;/q;6*+1/p-6. The van der Waals surface area contributed by atoms with Gasteiger partial charge in [-0.2, -0.15) is 15.0 Å². The van der Waals surface area contributed by atoms with Crippen molar-refractivity contribution < 1.29 is 273 Å². The summed E-state index contributed by atoms with van der Waals surface area (Å²) in [6, 6.07) is 11.7. The number of benzene rings is 6. The number of nitrogens with two attached hydrogens (primary N) is 1. The molecule has 0 spiro atoms. The van der Waals surface area contributed by atoms with E-state index in [-0.39, 0.29) is 200 Å². The number of nitrogens with one attached hydrogen (secondary N) is 2. The van der Waals surface area contributed by atoms with Crippen LogP contribution in [0.2, 0.25) is 5.28 Å². The van der Waals surface area contributed by atoms with Gasteiger partial charge in [0.25, 0.3) is 0 Å². The summed E-state index contributed by atoms with van der Waals surface area (Å²) in [5.41, 5.74) is 0.458. The zero-order chi connectivity index (χ0) is 57.0. The first-order chi connectivity index (χ1) is 35.4. The third-order valence-corrected chi connectivity index (χ3v) is 16.7. The minimum Gasteiger partial charge on any atom is -0.744 e. The number of halogens is 1. The Morgan fingerprint density at radius 1 is 0.530 bits per heavy atom. The predicted molar refractivity (Wildman–Crippen MR) is 254 cm³/mol. The van der Waals surface area contributed by atoms with Crippen LogP contribution in [0.3, 0.4) is 0 Å². The van der Waals surface area contributed by atoms with E-state index in [0.29, 0.717) is 24.3 Å². The molecule has 0 aliphatic heterocycles. The molecule has 6 aromatic carbocycles. The summed E-state index contributed by atoms with van der Waals surface area (Å²) in [5, 5.41) is 27.4. The van der Waals surface area contributed by atoms with Gasteiger partial charge in [-0.25, -0.2) is 58.9 Å². The summed E-state index contributed by atoms with van der Waals surface area (Å²) >= 11 is 6.07. The number of nitrogens with zero attached hydrogens (tertiary/aromatic N) is 7.